The van der Waals surface area contributed by atoms with Gasteiger partial charge < -0.3 is 19.5 Å². The van der Waals surface area contributed by atoms with Crippen molar-refractivity contribution in [2.24, 2.45) is 11.3 Å². The van der Waals surface area contributed by atoms with Crippen LogP contribution >= 0.6 is 0 Å². The molecule has 1 amide bonds. The molecule has 1 unspecified atom stereocenters. The van der Waals surface area contributed by atoms with Crippen LogP contribution < -0.4 is 9.47 Å². The number of carbonyl (C=O) groups excluding carboxylic acids is 1. The highest BCUT2D eigenvalue weighted by atomic mass is 16.5. The molecule has 1 spiro atoms. The second-order valence-electron chi connectivity index (χ2n) is 9.53. The second kappa shape index (κ2) is 7.91. The molecule has 164 valence electrons. The van der Waals surface area contributed by atoms with Gasteiger partial charge in [-0.3, -0.25) is 4.79 Å². The van der Waals surface area contributed by atoms with Gasteiger partial charge in [0.05, 0.1) is 11.5 Å². The summed E-state index contributed by atoms with van der Waals surface area (Å²) in [5.41, 5.74) is 0.593. The minimum atomic E-state index is -0.929. The number of Topliss-reactive ketones (excluding diaryl/α,β-unsaturated/α-hetero) is 1. The van der Waals surface area contributed by atoms with E-state index >= 15 is 0 Å². The van der Waals surface area contributed by atoms with Crippen LogP contribution in [0.25, 0.3) is 0 Å². The minimum absolute atomic E-state index is 0.0622. The summed E-state index contributed by atoms with van der Waals surface area (Å²) < 4.78 is 12.5. The van der Waals surface area contributed by atoms with Crippen LogP contribution in [0.3, 0.4) is 0 Å². The van der Waals surface area contributed by atoms with Gasteiger partial charge in [-0.1, -0.05) is 51.1 Å². The number of ketones is 1. The summed E-state index contributed by atoms with van der Waals surface area (Å²) in [6, 6.07) is 15.3. The molecule has 2 heterocycles. The first-order valence-corrected chi connectivity index (χ1v) is 10.7. The smallest absolute Gasteiger partial charge is 0.407 e. The number of likely N-dealkylation sites (tertiary alicyclic amines) is 1. The summed E-state index contributed by atoms with van der Waals surface area (Å²) >= 11 is 0. The molecule has 2 aromatic rings. The molecule has 2 aliphatic heterocycles. The third-order valence-corrected chi connectivity index (χ3v) is 6.31. The molecule has 1 atom stereocenters. The largest absolute Gasteiger partial charge is 0.489 e. The maximum absolute atomic E-state index is 13.6. The third-order valence-electron chi connectivity index (χ3n) is 6.31. The molecule has 0 bridgehead atoms. The number of hydrogen-bond donors (Lipinski definition) is 1. The standard InChI is InChI=1S/C25H29NO5/c1-24(2,3)22-21(27)19-10-9-18(30-16-17-7-5-4-6-8-17)15-20(19)31-25(22)11-13-26(14-12-25)23(28)29/h4-10,15,22H,11-14,16H2,1-3H3,(H,28,29). The van der Waals surface area contributed by atoms with Crippen LogP contribution in [0.1, 0.15) is 49.5 Å². The van der Waals surface area contributed by atoms with E-state index in [9.17, 15) is 14.7 Å². The fraction of sp³-hybridized carbons (Fsp3) is 0.440. The van der Waals surface area contributed by atoms with E-state index in [1.807, 2.05) is 57.2 Å². The van der Waals surface area contributed by atoms with E-state index in [1.165, 1.54) is 4.90 Å². The predicted octanol–water partition coefficient (Wildman–Crippen LogP) is 5.02. The van der Waals surface area contributed by atoms with Crippen LogP contribution in [0.2, 0.25) is 0 Å². The maximum atomic E-state index is 13.6. The molecule has 0 saturated carbocycles. The van der Waals surface area contributed by atoms with Crippen molar-refractivity contribution in [3.63, 3.8) is 0 Å². The fourth-order valence-corrected chi connectivity index (χ4v) is 4.94. The van der Waals surface area contributed by atoms with E-state index in [4.69, 9.17) is 9.47 Å². The van der Waals surface area contributed by atoms with Gasteiger partial charge >= 0.3 is 6.09 Å². The topological polar surface area (TPSA) is 76.1 Å². The highest BCUT2D eigenvalue weighted by molar-refractivity contribution is 6.02. The average molecular weight is 424 g/mol. The Morgan fingerprint density at radius 3 is 2.45 bits per heavy atom. The Balaban J connectivity index is 1.62. The summed E-state index contributed by atoms with van der Waals surface area (Å²) in [6.45, 7) is 7.28. The van der Waals surface area contributed by atoms with Crippen molar-refractivity contribution in [2.75, 3.05) is 13.1 Å². The lowest BCUT2D eigenvalue weighted by molar-refractivity contribution is -0.0696. The van der Waals surface area contributed by atoms with E-state index in [0.717, 1.165) is 5.56 Å². The molecule has 1 N–H and O–H groups in total. The van der Waals surface area contributed by atoms with Crippen molar-refractivity contribution in [1.82, 2.24) is 4.90 Å². The van der Waals surface area contributed by atoms with Gasteiger partial charge in [-0.15, -0.1) is 0 Å². The summed E-state index contributed by atoms with van der Waals surface area (Å²) in [6.07, 6.45) is 0.0459. The van der Waals surface area contributed by atoms with E-state index < -0.39 is 11.7 Å². The first kappa shape index (κ1) is 21.2. The fourth-order valence-electron chi connectivity index (χ4n) is 4.94. The van der Waals surface area contributed by atoms with Crippen LogP contribution in [-0.2, 0) is 6.61 Å². The van der Waals surface area contributed by atoms with Crippen molar-refractivity contribution >= 4 is 11.9 Å². The Bertz CT molecular complexity index is 971. The molecule has 1 fully saturated rings. The van der Waals surface area contributed by atoms with Crippen LogP contribution in [0.15, 0.2) is 48.5 Å². The number of carboxylic acid groups (broad SMARTS) is 1. The summed E-state index contributed by atoms with van der Waals surface area (Å²) in [4.78, 5) is 26.4. The second-order valence-corrected chi connectivity index (χ2v) is 9.53. The Morgan fingerprint density at radius 1 is 1.16 bits per heavy atom. The van der Waals surface area contributed by atoms with Gasteiger partial charge in [0, 0.05) is 32.0 Å². The van der Waals surface area contributed by atoms with Gasteiger partial charge in [0.25, 0.3) is 0 Å². The van der Waals surface area contributed by atoms with Crippen molar-refractivity contribution in [1.29, 1.82) is 0 Å². The number of rotatable bonds is 3. The molecule has 6 nitrogen and oxygen atoms in total. The van der Waals surface area contributed by atoms with E-state index in [-0.39, 0.29) is 17.1 Å². The molecule has 2 aromatic carbocycles. The number of nitrogens with zero attached hydrogens (tertiary/aromatic N) is 1. The molecule has 2 aliphatic rings. The monoisotopic (exact) mass is 423 g/mol. The highest BCUT2D eigenvalue weighted by Gasteiger charge is 2.55. The molecule has 0 aromatic heterocycles. The van der Waals surface area contributed by atoms with E-state index in [1.54, 1.807) is 12.1 Å². The predicted molar refractivity (Wildman–Crippen MR) is 117 cm³/mol. The Hall–Kier alpha value is -3.02. The van der Waals surface area contributed by atoms with Gasteiger partial charge in [-0.2, -0.15) is 0 Å². The number of amides is 1. The normalized spacial score (nSPS) is 20.2. The van der Waals surface area contributed by atoms with Crippen molar-refractivity contribution < 1.29 is 24.2 Å². The lowest BCUT2D eigenvalue weighted by Gasteiger charge is -2.51. The quantitative estimate of drug-likeness (QED) is 0.751. The molecule has 0 radical (unpaired) electrons. The van der Waals surface area contributed by atoms with Crippen molar-refractivity contribution in [3.8, 4) is 11.5 Å². The minimum Gasteiger partial charge on any atom is -0.489 e. The molecular weight excluding hydrogens is 394 g/mol. The zero-order chi connectivity index (χ0) is 22.2. The number of benzene rings is 2. The Kier molecular flexibility index (Phi) is 5.42. The average Bonchev–Trinajstić information content (AvgIpc) is 2.72. The number of fused-ring (bicyclic) bond motifs is 1. The van der Waals surface area contributed by atoms with E-state index in [2.05, 4.69) is 0 Å². The lowest BCUT2D eigenvalue weighted by Crippen LogP contribution is -2.60. The lowest BCUT2D eigenvalue weighted by atomic mass is 9.62. The summed E-state index contributed by atoms with van der Waals surface area (Å²) in [5.74, 6) is 0.884. The summed E-state index contributed by atoms with van der Waals surface area (Å²) in [5, 5.41) is 9.35. The third kappa shape index (κ3) is 4.11. The Labute approximate surface area is 182 Å². The van der Waals surface area contributed by atoms with Crippen LogP contribution in [-0.4, -0.2) is 40.6 Å². The first-order chi connectivity index (χ1) is 14.7. The van der Waals surface area contributed by atoms with Gasteiger partial charge in [0.2, 0.25) is 0 Å². The van der Waals surface area contributed by atoms with Crippen LogP contribution in [0.4, 0.5) is 4.79 Å². The molecule has 4 rings (SSSR count). The number of piperidine rings is 1. The van der Waals surface area contributed by atoms with Crippen molar-refractivity contribution in [2.45, 2.75) is 45.8 Å². The van der Waals surface area contributed by atoms with Crippen molar-refractivity contribution in [3.05, 3.63) is 59.7 Å². The summed E-state index contributed by atoms with van der Waals surface area (Å²) in [7, 11) is 0. The molecule has 31 heavy (non-hydrogen) atoms. The molecule has 6 heteroatoms. The van der Waals surface area contributed by atoms with E-state index in [0.29, 0.717) is 49.6 Å². The number of ether oxygens (including phenoxy) is 2. The van der Waals surface area contributed by atoms with Crippen LogP contribution in [0.5, 0.6) is 11.5 Å². The van der Waals surface area contributed by atoms with Gasteiger partial charge in [-0.25, -0.2) is 4.79 Å². The van der Waals surface area contributed by atoms with Gasteiger partial charge in [0.15, 0.2) is 5.78 Å². The maximum Gasteiger partial charge on any atom is 0.407 e. The molecule has 1 saturated heterocycles. The number of carbonyl (C=O) groups is 2. The van der Waals surface area contributed by atoms with Crippen LogP contribution in [0, 0.1) is 11.3 Å². The van der Waals surface area contributed by atoms with Gasteiger partial charge in [-0.05, 0) is 23.1 Å². The Morgan fingerprint density at radius 2 is 1.84 bits per heavy atom. The SMILES string of the molecule is CC(C)(C)C1C(=O)c2ccc(OCc3ccccc3)cc2OC12CCN(C(=O)O)CC2. The number of hydrogen-bond acceptors (Lipinski definition) is 4. The zero-order valence-corrected chi connectivity index (χ0v) is 18.3. The first-order valence-electron chi connectivity index (χ1n) is 10.7. The van der Waals surface area contributed by atoms with Gasteiger partial charge in [0.1, 0.15) is 23.7 Å². The highest BCUT2D eigenvalue weighted by Crippen LogP contribution is 2.50. The molecule has 0 aliphatic carbocycles. The zero-order valence-electron chi connectivity index (χ0n) is 18.3. The molecular formula is C25H29NO5.